The number of halogens is 1. The van der Waals surface area contributed by atoms with Crippen molar-refractivity contribution in [3.05, 3.63) is 5.02 Å². The molecule has 0 aromatic carbocycles. The van der Waals surface area contributed by atoms with Gasteiger partial charge in [-0.25, -0.2) is 13.4 Å². The molecule has 0 saturated heterocycles. The number of aryl methyl sites for hydroxylation is 1. The molecule has 0 aliphatic carbocycles. The van der Waals surface area contributed by atoms with Crippen molar-refractivity contribution in [2.75, 3.05) is 13.7 Å². The van der Waals surface area contributed by atoms with Gasteiger partial charge in [-0.1, -0.05) is 44.7 Å². The molecule has 10 heteroatoms. The van der Waals surface area contributed by atoms with Crippen molar-refractivity contribution < 1.29 is 17.4 Å². The molecule has 144 valence electrons. The topological polar surface area (TPSA) is 62.6 Å². The molecule has 6 nitrogen and oxygen atoms in total. The Morgan fingerprint density at radius 1 is 1.32 bits per heavy atom. The van der Waals surface area contributed by atoms with Gasteiger partial charge in [-0.2, -0.15) is 0 Å². The van der Waals surface area contributed by atoms with Crippen LogP contribution in [0.15, 0.2) is 5.03 Å². The van der Waals surface area contributed by atoms with Crippen molar-refractivity contribution >= 4 is 45.7 Å². The Hall–Kier alpha value is -0.240. The van der Waals surface area contributed by atoms with Crippen LogP contribution in [-0.2, 0) is 36.9 Å². The first-order valence-corrected chi connectivity index (χ1v) is 12.5. The van der Waals surface area contributed by atoms with Crippen molar-refractivity contribution in [2.24, 2.45) is 0 Å². The fraction of sp³-hybridized carbons (Fsp3) is 0.733. The van der Waals surface area contributed by atoms with E-state index in [1.54, 1.807) is 17.0 Å². The SMILES string of the molecule is CCC=S(=O)(OCC)c1c(Cl)c(O[P+](=S)OC)nn1CCCCCC. The standard InChI is InChI=1S/C15H27ClN2O4PS2/c1-5-8-9-10-11-18-15(25(19,12-6-2)21-7-3)13(16)14(17-18)22-23(24)20-4/h12H,5-11H2,1-4H3/q+1. The van der Waals surface area contributed by atoms with E-state index in [-0.39, 0.29) is 10.9 Å². The molecule has 1 heterocycles. The summed E-state index contributed by atoms with van der Waals surface area (Å²) >= 11 is 11.5. The Kier molecular flexibility index (Phi) is 10.5. The minimum absolute atomic E-state index is 0.145. The highest BCUT2D eigenvalue weighted by Gasteiger charge is 2.30. The Morgan fingerprint density at radius 3 is 2.60 bits per heavy atom. The second kappa shape index (κ2) is 11.5. The van der Waals surface area contributed by atoms with Crippen LogP contribution in [0, 0.1) is 0 Å². The second-order valence-corrected chi connectivity index (χ2v) is 9.55. The molecule has 1 aromatic heterocycles. The molecule has 0 aliphatic rings. The predicted octanol–water partition coefficient (Wildman–Crippen LogP) is 4.72. The number of hydrogen-bond donors (Lipinski definition) is 0. The van der Waals surface area contributed by atoms with Crippen molar-refractivity contribution in [1.82, 2.24) is 9.78 Å². The smallest absolute Gasteiger partial charge is 0.294 e. The lowest BCUT2D eigenvalue weighted by Crippen LogP contribution is -2.16. The Labute approximate surface area is 162 Å². The largest absolute Gasteiger partial charge is 0.575 e. The molecule has 0 spiro atoms. The Morgan fingerprint density at radius 2 is 2.04 bits per heavy atom. The zero-order chi connectivity index (χ0) is 18.9. The normalized spacial score (nSPS) is 14.2. The maximum absolute atomic E-state index is 13.4. The third-order valence-electron chi connectivity index (χ3n) is 3.30. The van der Waals surface area contributed by atoms with Crippen molar-refractivity contribution in [3.63, 3.8) is 0 Å². The minimum Gasteiger partial charge on any atom is -0.294 e. The number of unbranched alkanes of at least 4 members (excludes halogenated alkanes) is 3. The molecule has 2 unspecified atom stereocenters. The summed E-state index contributed by atoms with van der Waals surface area (Å²) in [5, 5.41) is 6.54. The molecular weight excluding hydrogens is 403 g/mol. The molecule has 0 radical (unpaired) electrons. The van der Waals surface area contributed by atoms with Crippen LogP contribution < -0.4 is 4.52 Å². The zero-order valence-corrected chi connectivity index (χ0v) is 18.5. The van der Waals surface area contributed by atoms with Gasteiger partial charge in [-0.05, 0) is 25.1 Å². The summed E-state index contributed by atoms with van der Waals surface area (Å²) in [6, 6.07) is 0. The maximum Gasteiger partial charge on any atom is 0.575 e. The first kappa shape index (κ1) is 22.8. The summed E-state index contributed by atoms with van der Waals surface area (Å²) in [7, 11) is -3.00. The highest BCUT2D eigenvalue weighted by Crippen LogP contribution is 2.37. The number of hydrogen-bond acceptors (Lipinski definition) is 6. The highest BCUT2D eigenvalue weighted by atomic mass is 35.5. The fourth-order valence-corrected chi connectivity index (χ4v) is 5.28. The summed E-state index contributed by atoms with van der Waals surface area (Å²) in [4.78, 5) is 0. The molecule has 0 fully saturated rings. The molecule has 2 atom stereocenters. The van der Waals surface area contributed by atoms with Crippen LogP contribution >= 0.6 is 18.8 Å². The van der Waals surface area contributed by atoms with E-state index in [0.29, 0.717) is 24.6 Å². The summed E-state index contributed by atoms with van der Waals surface area (Å²) in [5.74, 6) is 0.145. The van der Waals surface area contributed by atoms with Crippen LogP contribution in [0.1, 0.15) is 52.9 Å². The molecule has 0 amide bonds. The van der Waals surface area contributed by atoms with E-state index < -0.39 is 17.0 Å². The third kappa shape index (κ3) is 6.45. The van der Waals surface area contributed by atoms with Crippen LogP contribution in [-0.4, -0.2) is 33.1 Å². The lowest BCUT2D eigenvalue weighted by Gasteiger charge is -2.13. The maximum atomic E-state index is 13.4. The van der Waals surface area contributed by atoms with Crippen LogP contribution in [0.5, 0.6) is 5.88 Å². The van der Waals surface area contributed by atoms with E-state index in [2.05, 4.69) is 12.0 Å². The van der Waals surface area contributed by atoms with Gasteiger partial charge in [0.2, 0.25) is 11.8 Å². The van der Waals surface area contributed by atoms with Crippen LogP contribution in [0.2, 0.25) is 5.02 Å². The van der Waals surface area contributed by atoms with Crippen molar-refractivity contribution in [2.45, 2.75) is 64.4 Å². The molecule has 25 heavy (non-hydrogen) atoms. The lowest BCUT2D eigenvalue weighted by molar-refractivity contribution is 0.361. The van der Waals surface area contributed by atoms with Gasteiger partial charge in [0.15, 0.2) is 5.03 Å². The van der Waals surface area contributed by atoms with Gasteiger partial charge < -0.3 is 0 Å². The van der Waals surface area contributed by atoms with E-state index in [9.17, 15) is 4.21 Å². The minimum atomic E-state index is -2.90. The number of nitrogens with zero attached hydrogens (tertiary/aromatic N) is 2. The predicted molar refractivity (Wildman–Crippen MR) is 108 cm³/mol. The average molecular weight is 430 g/mol. The number of aromatic nitrogens is 2. The molecule has 0 saturated carbocycles. The van der Waals surface area contributed by atoms with Gasteiger partial charge in [0.05, 0.1) is 13.7 Å². The molecule has 1 aromatic rings. The van der Waals surface area contributed by atoms with Gasteiger partial charge >= 0.3 is 13.0 Å². The van der Waals surface area contributed by atoms with Gasteiger partial charge in [-0.3, -0.25) is 4.18 Å². The Bertz CT molecular complexity index is 687. The van der Waals surface area contributed by atoms with Gasteiger partial charge in [0.25, 0.3) is 0 Å². The van der Waals surface area contributed by atoms with E-state index in [0.717, 1.165) is 25.7 Å². The summed E-state index contributed by atoms with van der Waals surface area (Å²) < 4.78 is 31.0. The van der Waals surface area contributed by atoms with Crippen LogP contribution in [0.25, 0.3) is 0 Å². The summed E-state index contributed by atoms with van der Waals surface area (Å²) in [6.07, 6.45) is 4.81. The first-order chi connectivity index (χ1) is 11.9. The summed E-state index contributed by atoms with van der Waals surface area (Å²) in [6.45, 7) is 6.73. The first-order valence-electron chi connectivity index (χ1n) is 8.40. The lowest BCUT2D eigenvalue weighted by atomic mass is 10.2. The number of rotatable bonds is 12. The van der Waals surface area contributed by atoms with Gasteiger partial charge in [0.1, 0.15) is 14.8 Å². The van der Waals surface area contributed by atoms with Gasteiger partial charge in [-0.15, -0.1) is 9.62 Å². The monoisotopic (exact) mass is 429 g/mol. The molecule has 0 aliphatic heterocycles. The van der Waals surface area contributed by atoms with E-state index >= 15 is 0 Å². The second-order valence-electron chi connectivity index (χ2n) is 5.23. The molecular formula is C15H27ClN2O4PS2+. The Balaban J connectivity index is 3.32. The average Bonchev–Trinajstić information content (AvgIpc) is 2.88. The molecule has 1 rings (SSSR count). The van der Waals surface area contributed by atoms with E-state index in [4.69, 9.17) is 36.6 Å². The van der Waals surface area contributed by atoms with Crippen LogP contribution in [0.4, 0.5) is 0 Å². The third-order valence-corrected chi connectivity index (χ3v) is 7.36. The van der Waals surface area contributed by atoms with Gasteiger partial charge in [0, 0.05) is 6.54 Å². The highest BCUT2D eigenvalue weighted by molar-refractivity contribution is 8.00. The summed E-state index contributed by atoms with van der Waals surface area (Å²) in [5.41, 5.74) is 0. The molecule has 0 N–H and O–H groups in total. The molecule has 0 bridgehead atoms. The van der Waals surface area contributed by atoms with Crippen molar-refractivity contribution in [1.29, 1.82) is 0 Å². The van der Waals surface area contributed by atoms with Crippen molar-refractivity contribution in [3.8, 4) is 5.88 Å². The zero-order valence-electron chi connectivity index (χ0n) is 15.2. The van der Waals surface area contributed by atoms with E-state index in [1.165, 1.54) is 7.11 Å². The quantitative estimate of drug-likeness (QED) is 0.272. The van der Waals surface area contributed by atoms with E-state index in [1.807, 2.05) is 6.92 Å². The fourth-order valence-electron chi connectivity index (χ4n) is 2.26. The van der Waals surface area contributed by atoms with Crippen LogP contribution in [0.3, 0.4) is 0 Å².